The van der Waals surface area contributed by atoms with Gasteiger partial charge in [-0.05, 0) is 36.4 Å². The molecule has 0 spiro atoms. The number of anilines is 1. The third-order valence-corrected chi connectivity index (χ3v) is 4.93. The molecule has 1 heterocycles. The number of nitrogens with one attached hydrogen (secondary N) is 1. The second-order valence-corrected chi connectivity index (χ2v) is 6.97. The van der Waals surface area contributed by atoms with Gasteiger partial charge in [-0.25, -0.2) is 9.78 Å². The molecule has 1 aromatic heterocycles. The third kappa shape index (κ3) is 5.14. The van der Waals surface area contributed by atoms with Crippen LogP contribution in [0.25, 0.3) is 10.2 Å². The molecule has 0 unspecified atom stereocenters. The number of para-hydroxylation sites is 1. The number of rotatable bonds is 7. The van der Waals surface area contributed by atoms with Crippen molar-refractivity contribution < 1.29 is 23.9 Å². The van der Waals surface area contributed by atoms with Gasteiger partial charge < -0.3 is 14.8 Å². The monoisotopic (exact) mass is 398 g/mol. The van der Waals surface area contributed by atoms with Gasteiger partial charge in [0.05, 0.1) is 34.3 Å². The van der Waals surface area contributed by atoms with E-state index in [4.69, 9.17) is 4.74 Å². The van der Waals surface area contributed by atoms with Crippen molar-refractivity contribution in [2.75, 3.05) is 19.0 Å². The molecule has 0 saturated carbocycles. The van der Waals surface area contributed by atoms with E-state index in [2.05, 4.69) is 15.0 Å². The van der Waals surface area contributed by atoms with Crippen LogP contribution in [0.15, 0.2) is 48.5 Å². The zero-order valence-corrected chi connectivity index (χ0v) is 16.0. The minimum Gasteiger partial charge on any atom is -0.465 e. The zero-order valence-electron chi connectivity index (χ0n) is 15.1. The number of benzene rings is 2. The average molecular weight is 398 g/mol. The molecule has 0 aliphatic heterocycles. The molecule has 144 valence electrons. The quantitative estimate of drug-likeness (QED) is 0.614. The largest absolute Gasteiger partial charge is 0.465 e. The van der Waals surface area contributed by atoms with E-state index in [1.54, 1.807) is 12.1 Å². The highest BCUT2D eigenvalue weighted by molar-refractivity contribution is 7.18. The molecule has 8 heteroatoms. The Hall–Kier alpha value is -3.26. The number of amides is 1. The van der Waals surface area contributed by atoms with E-state index in [1.807, 2.05) is 24.3 Å². The van der Waals surface area contributed by atoms with Gasteiger partial charge in [-0.1, -0.05) is 12.1 Å². The van der Waals surface area contributed by atoms with Crippen LogP contribution in [-0.2, 0) is 25.5 Å². The zero-order chi connectivity index (χ0) is 19.9. The lowest BCUT2D eigenvalue weighted by molar-refractivity contribution is -0.147. The lowest BCUT2D eigenvalue weighted by atomic mass is 10.2. The van der Waals surface area contributed by atoms with Crippen molar-refractivity contribution in [1.29, 1.82) is 0 Å². The molecule has 0 aliphatic rings. The third-order valence-electron chi connectivity index (χ3n) is 3.84. The Morgan fingerprint density at radius 3 is 2.54 bits per heavy atom. The van der Waals surface area contributed by atoms with Gasteiger partial charge in [-0.3, -0.25) is 9.59 Å². The first-order valence-electron chi connectivity index (χ1n) is 8.53. The van der Waals surface area contributed by atoms with Gasteiger partial charge in [0.2, 0.25) is 0 Å². The van der Waals surface area contributed by atoms with Gasteiger partial charge >= 0.3 is 11.9 Å². The van der Waals surface area contributed by atoms with Gasteiger partial charge in [0, 0.05) is 12.1 Å². The number of esters is 2. The molecule has 0 atom stereocenters. The van der Waals surface area contributed by atoms with E-state index in [9.17, 15) is 14.4 Å². The van der Waals surface area contributed by atoms with Crippen molar-refractivity contribution in [3.63, 3.8) is 0 Å². The second kappa shape index (κ2) is 9.09. The number of hydrogen-bond acceptors (Lipinski definition) is 7. The van der Waals surface area contributed by atoms with E-state index in [1.165, 1.54) is 30.6 Å². The minimum absolute atomic E-state index is 0.154. The number of nitrogens with zero attached hydrogens (tertiary/aromatic N) is 1. The van der Waals surface area contributed by atoms with Gasteiger partial charge in [0.1, 0.15) is 0 Å². The number of methoxy groups -OCH3 is 1. The number of carbonyl (C=O) groups is 3. The molecular formula is C20H18N2O5S. The van der Waals surface area contributed by atoms with E-state index in [-0.39, 0.29) is 13.0 Å². The fourth-order valence-electron chi connectivity index (χ4n) is 2.46. The number of carbonyl (C=O) groups excluding carboxylic acids is 3. The smallest absolute Gasteiger partial charge is 0.337 e. The number of hydrogen-bond donors (Lipinski definition) is 1. The first-order valence-corrected chi connectivity index (χ1v) is 9.35. The second-order valence-electron chi connectivity index (χ2n) is 5.85. The molecule has 7 nitrogen and oxygen atoms in total. The maximum atomic E-state index is 11.9. The summed E-state index contributed by atoms with van der Waals surface area (Å²) in [5.74, 6) is -1.38. The van der Waals surface area contributed by atoms with Crippen LogP contribution in [0.5, 0.6) is 0 Å². The summed E-state index contributed by atoms with van der Waals surface area (Å²) in [6.07, 6.45) is 0.621. The highest BCUT2D eigenvalue weighted by atomic mass is 32.1. The number of fused-ring (bicyclic) bond motifs is 1. The first kappa shape index (κ1) is 19.5. The van der Waals surface area contributed by atoms with Crippen LogP contribution in [0.1, 0.15) is 21.8 Å². The van der Waals surface area contributed by atoms with Crippen molar-refractivity contribution >= 4 is 45.1 Å². The predicted molar refractivity (Wildman–Crippen MR) is 105 cm³/mol. The summed E-state index contributed by atoms with van der Waals surface area (Å²) in [5.41, 5.74) is 1.78. The molecule has 0 radical (unpaired) electrons. The van der Waals surface area contributed by atoms with Crippen molar-refractivity contribution in [1.82, 2.24) is 4.98 Å². The van der Waals surface area contributed by atoms with Crippen molar-refractivity contribution in [2.24, 2.45) is 0 Å². The fourth-order valence-corrected chi connectivity index (χ4v) is 3.43. The lowest BCUT2D eigenvalue weighted by Crippen LogP contribution is -2.21. The van der Waals surface area contributed by atoms with Crippen LogP contribution in [-0.4, -0.2) is 36.5 Å². The van der Waals surface area contributed by atoms with Crippen molar-refractivity contribution in [3.05, 3.63) is 59.1 Å². The Balaban J connectivity index is 1.42. The number of thiazole rings is 1. The highest BCUT2D eigenvalue weighted by Crippen LogP contribution is 2.22. The van der Waals surface area contributed by atoms with E-state index in [0.29, 0.717) is 17.7 Å². The first-order chi connectivity index (χ1) is 13.5. The SMILES string of the molecule is COC(=O)c1ccc(NC(=O)COC(=O)CCc2nc3ccccc3s2)cc1. The molecule has 0 bridgehead atoms. The van der Waals surface area contributed by atoms with Crippen LogP contribution in [0.2, 0.25) is 0 Å². The summed E-state index contributed by atoms with van der Waals surface area (Å²) in [7, 11) is 1.29. The molecule has 3 aromatic rings. The molecule has 0 aliphatic carbocycles. The number of ether oxygens (including phenoxy) is 2. The van der Waals surface area contributed by atoms with Crippen LogP contribution >= 0.6 is 11.3 Å². The van der Waals surface area contributed by atoms with Crippen LogP contribution in [0, 0.1) is 0 Å². The summed E-state index contributed by atoms with van der Waals surface area (Å²) in [5, 5.41) is 3.45. The van der Waals surface area contributed by atoms with Gasteiger partial charge in [-0.2, -0.15) is 0 Å². The maximum absolute atomic E-state index is 11.9. The molecule has 0 saturated heterocycles. The van der Waals surface area contributed by atoms with Crippen molar-refractivity contribution in [2.45, 2.75) is 12.8 Å². The molecule has 1 N–H and O–H groups in total. The van der Waals surface area contributed by atoms with Crippen molar-refractivity contribution in [3.8, 4) is 0 Å². The Labute approximate surface area is 165 Å². The summed E-state index contributed by atoms with van der Waals surface area (Å²) >= 11 is 1.54. The summed E-state index contributed by atoms with van der Waals surface area (Å²) < 4.78 is 10.7. The molecule has 3 rings (SSSR count). The standard InChI is InChI=1S/C20H18N2O5S/c1-26-20(25)13-6-8-14(9-7-13)21-17(23)12-27-19(24)11-10-18-22-15-4-2-3-5-16(15)28-18/h2-9H,10-12H2,1H3,(H,21,23). The predicted octanol–water partition coefficient (Wildman–Crippen LogP) is 3.20. The minimum atomic E-state index is -0.463. The normalized spacial score (nSPS) is 10.5. The highest BCUT2D eigenvalue weighted by Gasteiger charge is 2.11. The molecular weight excluding hydrogens is 380 g/mol. The van der Waals surface area contributed by atoms with Crippen LogP contribution < -0.4 is 5.32 Å². The summed E-state index contributed by atoms with van der Waals surface area (Å²) in [6, 6.07) is 14.0. The number of aromatic nitrogens is 1. The molecule has 2 aromatic carbocycles. The number of aryl methyl sites for hydroxylation is 1. The van der Waals surface area contributed by atoms with E-state index < -0.39 is 17.8 Å². The maximum Gasteiger partial charge on any atom is 0.337 e. The van der Waals surface area contributed by atoms with Crippen LogP contribution in [0.4, 0.5) is 5.69 Å². The lowest BCUT2D eigenvalue weighted by Gasteiger charge is -2.07. The Morgan fingerprint density at radius 1 is 1.07 bits per heavy atom. The molecule has 1 amide bonds. The molecule has 0 fully saturated rings. The fraction of sp³-hybridized carbons (Fsp3) is 0.200. The Bertz CT molecular complexity index is 964. The van der Waals surface area contributed by atoms with E-state index >= 15 is 0 Å². The van der Waals surface area contributed by atoms with E-state index in [0.717, 1.165) is 15.2 Å². The topological polar surface area (TPSA) is 94.6 Å². The Morgan fingerprint density at radius 2 is 1.82 bits per heavy atom. The van der Waals surface area contributed by atoms with Gasteiger partial charge in [0.15, 0.2) is 6.61 Å². The summed E-state index contributed by atoms with van der Waals surface area (Å²) in [6.45, 7) is -0.378. The van der Waals surface area contributed by atoms with Crippen LogP contribution in [0.3, 0.4) is 0 Å². The Kier molecular flexibility index (Phi) is 6.33. The van der Waals surface area contributed by atoms with Gasteiger partial charge in [0.25, 0.3) is 5.91 Å². The van der Waals surface area contributed by atoms with Gasteiger partial charge in [-0.15, -0.1) is 11.3 Å². The molecule has 28 heavy (non-hydrogen) atoms. The summed E-state index contributed by atoms with van der Waals surface area (Å²) in [4.78, 5) is 39.6. The average Bonchev–Trinajstić information content (AvgIpc) is 3.13.